The van der Waals surface area contributed by atoms with Crippen LogP contribution >= 0.6 is 24.0 Å². The number of nitrogens with one attached hydrogen (secondary N) is 2. The Kier molecular flexibility index (Phi) is 12.3. The first-order chi connectivity index (χ1) is 13.2. The van der Waals surface area contributed by atoms with Crippen LogP contribution in [0.4, 0.5) is 0 Å². The molecule has 28 heavy (non-hydrogen) atoms. The Labute approximate surface area is 184 Å². The predicted molar refractivity (Wildman–Crippen MR) is 124 cm³/mol. The highest BCUT2D eigenvalue weighted by Gasteiger charge is 2.05. The highest BCUT2D eigenvalue weighted by molar-refractivity contribution is 14.0. The molecule has 1 heterocycles. The maximum atomic E-state index is 5.90. The molecule has 0 amide bonds. The third-order valence-electron chi connectivity index (χ3n) is 3.86. The predicted octanol–water partition coefficient (Wildman–Crippen LogP) is 2.98. The van der Waals surface area contributed by atoms with Crippen LogP contribution < -0.4 is 15.4 Å². The third-order valence-corrected chi connectivity index (χ3v) is 3.86. The van der Waals surface area contributed by atoms with Gasteiger partial charge >= 0.3 is 0 Å². The van der Waals surface area contributed by atoms with Crippen molar-refractivity contribution in [1.29, 1.82) is 0 Å². The van der Waals surface area contributed by atoms with Gasteiger partial charge in [0.2, 0.25) is 0 Å². The topological polar surface area (TPSA) is 72.7 Å². The number of hydrogen-bond acceptors (Lipinski definition) is 4. The number of hydrogen-bond donors (Lipinski definition) is 2. The minimum atomic E-state index is 0. The SMILES string of the molecule is CCNC(=NCc1ccc(C)cc1OCCOCC)NCCn1cccn1.I. The summed E-state index contributed by atoms with van der Waals surface area (Å²) in [6, 6.07) is 8.12. The number of guanidine groups is 1. The summed E-state index contributed by atoms with van der Waals surface area (Å²) in [6.07, 6.45) is 3.73. The molecule has 2 N–H and O–H groups in total. The van der Waals surface area contributed by atoms with Crippen LogP contribution in [0.2, 0.25) is 0 Å². The lowest BCUT2D eigenvalue weighted by Gasteiger charge is -2.14. The second-order valence-electron chi connectivity index (χ2n) is 6.05. The van der Waals surface area contributed by atoms with Gasteiger partial charge in [-0.3, -0.25) is 4.68 Å². The molecule has 8 heteroatoms. The zero-order chi connectivity index (χ0) is 19.3. The lowest BCUT2D eigenvalue weighted by molar-refractivity contribution is 0.110. The summed E-state index contributed by atoms with van der Waals surface area (Å²) in [5.74, 6) is 1.65. The van der Waals surface area contributed by atoms with Crippen LogP contribution in [0.15, 0.2) is 41.7 Å². The van der Waals surface area contributed by atoms with E-state index in [1.54, 1.807) is 6.20 Å². The molecule has 1 aromatic heterocycles. The van der Waals surface area contributed by atoms with E-state index in [-0.39, 0.29) is 24.0 Å². The highest BCUT2D eigenvalue weighted by atomic mass is 127. The van der Waals surface area contributed by atoms with E-state index < -0.39 is 0 Å². The van der Waals surface area contributed by atoms with Gasteiger partial charge in [-0.25, -0.2) is 4.99 Å². The van der Waals surface area contributed by atoms with Crippen LogP contribution in [0.5, 0.6) is 5.75 Å². The number of nitrogens with zero attached hydrogens (tertiary/aromatic N) is 3. The molecule has 0 bridgehead atoms. The summed E-state index contributed by atoms with van der Waals surface area (Å²) >= 11 is 0. The Morgan fingerprint density at radius 3 is 2.79 bits per heavy atom. The average molecular weight is 501 g/mol. The largest absolute Gasteiger partial charge is 0.491 e. The molecule has 0 atom stereocenters. The van der Waals surface area contributed by atoms with Crippen LogP contribution in [0.1, 0.15) is 25.0 Å². The first kappa shape index (κ1) is 24.2. The van der Waals surface area contributed by atoms with Gasteiger partial charge in [0.15, 0.2) is 5.96 Å². The quantitative estimate of drug-likeness (QED) is 0.215. The molecule has 0 fully saturated rings. The van der Waals surface area contributed by atoms with Crippen molar-refractivity contribution in [2.45, 2.75) is 33.9 Å². The fourth-order valence-electron chi connectivity index (χ4n) is 2.51. The first-order valence-electron chi connectivity index (χ1n) is 9.52. The van der Waals surface area contributed by atoms with Crippen molar-refractivity contribution in [3.8, 4) is 5.75 Å². The molecule has 0 aliphatic heterocycles. The zero-order valence-corrected chi connectivity index (χ0v) is 19.3. The van der Waals surface area contributed by atoms with Crippen LogP contribution in [-0.2, 0) is 17.8 Å². The van der Waals surface area contributed by atoms with Gasteiger partial charge in [0.1, 0.15) is 12.4 Å². The minimum Gasteiger partial charge on any atom is -0.491 e. The van der Waals surface area contributed by atoms with E-state index in [9.17, 15) is 0 Å². The lowest BCUT2D eigenvalue weighted by atomic mass is 10.1. The van der Waals surface area contributed by atoms with Crippen molar-refractivity contribution in [2.24, 2.45) is 4.99 Å². The molecular weight excluding hydrogens is 469 g/mol. The van der Waals surface area contributed by atoms with Gasteiger partial charge in [-0.2, -0.15) is 5.10 Å². The monoisotopic (exact) mass is 501 g/mol. The fourth-order valence-corrected chi connectivity index (χ4v) is 2.51. The van der Waals surface area contributed by atoms with Gasteiger partial charge in [0.05, 0.1) is 19.7 Å². The molecule has 0 saturated carbocycles. The fraction of sp³-hybridized carbons (Fsp3) is 0.500. The molecule has 0 spiro atoms. The molecule has 0 radical (unpaired) electrons. The maximum absolute atomic E-state index is 5.90. The van der Waals surface area contributed by atoms with Crippen LogP contribution in [0, 0.1) is 6.92 Å². The highest BCUT2D eigenvalue weighted by Crippen LogP contribution is 2.21. The number of benzene rings is 1. The second kappa shape index (κ2) is 14.2. The smallest absolute Gasteiger partial charge is 0.191 e. The lowest BCUT2D eigenvalue weighted by Crippen LogP contribution is -2.38. The van der Waals surface area contributed by atoms with E-state index >= 15 is 0 Å². The molecule has 0 aliphatic rings. The molecule has 0 saturated heterocycles. The van der Waals surface area contributed by atoms with E-state index in [0.29, 0.717) is 26.4 Å². The van der Waals surface area contributed by atoms with Crippen molar-refractivity contribution in [3.63, 3.8) is 0 Å². The summed E-state index contributed by atoms with van der Waals surface area (Å²) in [7, 11) is 0. The van der Waals surface area contributed by atoms with Crippen molar-refractivity contribution in [2.75, 3.05) is 32.9 Å². The standard InChI is InChI=1S/C20H31N5O2.HI/c1-4-21-20(22-10-12-25-11-6-9-24-25)23-16-18-8-7-17(3)15-19(18)27-14-13-26-5-2;/h6-9,11,15H,4-5,10,12-14,16H2,1-3H3,(H2,21,22,23);1H. The molecule has 0 unspecified atom stereocenters. The number of aryl methyl sites for hydroxylation is 1. The summed E-state index contributed by atoms with van der Waals surface area (Å²) in [4.78, 5) is 4.69. The number of ether oxygens (including phenoxy) is 2. The summed E-state index contributed by atoms with van der Waals surface area (Å²) in [5, 5.41) is 10.8. The summed E-state index contributed by atoms with van der Waals surface area (Å²) in [6.45, 7) is 10.8. The Balaban J connectivity index is 0.00000392. The number of halogens is 1. The van der Waals surface area contributed by atoms with Crippen molar-refractivity contribution in [3.05, 3.63) is 47.8 Å². The van der Waals surface area contributed by atoms with Gasteiger partial charge in [-0.15, -0.1) is 24.0 Å². The minimum absolute atomic E-state index is 0. The van der Waals surface area contributed by atoms with Crippen LogP contribution in [0.3, 0.4) is 0 Å². The second-order valence-corrected chi connectivity index (χ2v) is 6.05. The number of aromatic nitrogens is 2. The number of aliphatic imine (C=N–C) groups is 1. The zero-order valence-electron chi connectivity index (χ0n) is 17.0. The van der Waals surface area contributed by atoms with E-state index in [4.69, 9.17) is 14.5 Å². The first-order valence-corrected chi connectivity index (χ1v) is 9.52. The van der Waals surface area contributed by atoms with Gasteiger partial charge < -0.3 is 20.1 Å². The normalized spacial score (nSPS) is 11.0. The van der Waals surface area contributed by atoms with Crippen molar-refractivity contribution < 1.29 is 9.47 Å². The van der Waals surface area contributed by atoms with Gasteiger partial charge in [-0.1, -0.05) is 12.1 Å². The number of rotatable bonds is 11. The van der Waals surface area contributed by atoms with E-state index in [2.05, 4.69) is 47.8 Å². The average Bonchev–Trinajstić information content (AvgIpc) is 3.18. The maximum Gasteiger partial charge on any atom is 0.191 e. The third kappa shape index (κ3) is 8.92. The Morgan fingerprint density at radius 2 is 2.07 bits per heavy atom. The van der Waals surface area contributed by atoms with Crippen molar-refractivity contribution >= 4 is 29.9 Å². The Hall–Kier alpha value is -1.81. The summed E-state index contributed by atoms with van der Waals surface area (Å²) in [5.41, 5.74) is 2.22. The molecular formula is C20H32IN5O2. The molecule has 1 aromatic carbocycles. The molecule has 2 aromatic rings. The van der Waals surface area contributed by atoms with Crippen LogP contribution in [-0.4, -0.2) is 48.7 Å². The molecule has 156 valence electrons. The molecule has 2 rings (SSSR count). The Morgan fingerprint density at radius 1 is 1.21 bits per heavy atom. The van der Waals surface area contributed by atoms with Crippen LogP contribution in [0.25, 0.3) is 0 Å². The van der Waals surface area contributed by atoms with Gasteiger partial charge in [0, 0.05) is 37.7 Å². The van der Waals surface area contributed by atoms with Gasteiger partial charge in [0.25, 0.3) is 0 Å². The molecule has 0 aliphatic carbocycles. The summed E-state index contributed by atoms with van der Waals surface area (Å²) < 4.78 is 13.1. The van der Waals surface area contributed by atoms with Crippen molar-refractivity contribution in [1.82, 2.24) is 20.4 Å². The van der Waals surface area contributed by atoms with Gasteiger partial charge in [-0.05, 0) is 38.5 Å². The Bertz CT molecular complexity index is 692. The van der Waals surface area contributed by atoms with E-state index in [0.717, 1.165) is 36.9 Å². The molecule has 7 nitrogen and oxygen atoms in total. The van der Waals surface area contributed by atoms with E-state index in [1.807, 2.05) is 23.9 Å². The van der Waals surface area contributed by atoms with E-state index in [1.165, 1.54) is 5.56 Å².